The summed E-state index contributed by atoms with van der Waals surface area (Å²) in [6, 6.07) is 9.28. The van der Waals surface area contributed by atoms with Crippen LogP contribution in [-0.4, -0.2) is 29.1 Å². The quantitative estimate of drug-likeness (QED) is 0.854. The van der Waals surface area contributed by atoms with Crippen LogP contribution >= 0.6 is 11.6 Å². The molecule has 0 aliphatic carbocycles. The third-order valence-corrected chi connectivity index (χ3v) is 2.59. The van der Waals surface area contributed by atoms with Gasteiger partial charge in [0.2, 0.25) is 11.2 Å². The van der Waals surface area contributed by atoms with Gasteiger partial charge in [-0.3, -0.25) is 0 Å². The zero-order valence-corrected chi connectivity index (χ0v) is 11.1. The Morgan fingerprint density at radius 1 is 1.32 bits per heavy atom. The van der Waals surface area contributed by atoms with Crippen molar-refractivity contribution in [3.8, 4) is 12.1 Å². The van der Waals surface area contributed by atoms with Gasteiger partial charge in [0.25, 0.3) is 0 Å². The first kappa shape index (κ1) is 13.1. The molecule has 19 heavy (non-hydrogen) atoms. The molecule has 1 aromatic heterocycles. The maximum absolute atomic E-state index is 8.89. The van der Waals surface area contributed by atoms with Crippen LogP contribution in [-0.2, 0) is 0 Å². The highest BCUT2D eigenvalue weighted by Gasteiger charge is 2.11. The van der Waals surface area contributed by atoms with Gasteiger partial charge in [0.05, 0.1) is 18.7 Å². The van der Waals surface area contributed by atoms with Gasteiger partial charge in [0.1, 0.15) is 0 Å². The molecule has 0 aliphatic heterocycles. The summed E-state index contributed by atoms with van der Waals surface area (Å²) in [5, 5.41) is 8.94. The van der Waals surface area contributed by atoms with E-state index in [0.29, 0.717) is 11.5 Å². The molecule has 1 aromatic carbocycles. The van der Waals surface area contributed by atoms with E-state index in [1.165, 1.54) is 7.11 Å². The van der Waals surface area contributed by atoms with E-state index in [2.05, 4.69) is 21.0 Å². The van der Waals surface area contributed by atoms with Gasteiger partial charge in [-0.05, 0) is 29.8 Å². The van der Waals surface area contributed by atoms with E-state index in [4.69, 9.17) is 21.6 Å². The van der Waals surface area contributed by atoms with Crippen LogP contribution in [0.2, 0.25) is 5.28 Å². The molecule has 96 valence electrons. The van der Waals surface area contributed by atoms with Crippen LogP contribution in [0, 0.1) is 11.3 Å². The molecule has 0 aliphatic rings. The average molecular weight is 276 g/mol. The number of benzene rings is 1. The second kappa shape index (κ2) is 5.50. The zero-order chi connectivity index (χ0) is 13.8. The summed E-state index contributed by atoms with van der Waals surface area (Å²) in [6.07, 6.45) is 0. The van der Waals surface area contributed by atoms with Gasteiger partial charge in [-0.1, -0.05) is 6.07 Å². The van der Waals surface area contributed by atoms with Gasteiger partial charge in [-0.2, -0.15) is 20.2 Å². The lowest BCUT2D eigenvalue weighted by atomic mass is 10.2. The van der Waals surface area contributed by atoms with E-state index >= 15 is 0 Å². The molecule has 0 bridgehead atoms. The number of hydrogen-bond donors (Lipinski definition) is 0. The predicted molar refractivity (Wildman–Crippen MR) is 70.6 cm³/mol. The van der Waals surface area contributed by atoms with Crippen LogP contribution in [0.5, 0.6) is 6.01 Å². The molecule has 6 nitrogen and oxygen atoms in total. The Labute approximate surface area is 115 Å². The number of nitriles is 1. The Hall–Kier alpha value is -2.39. The van der Waals surface area contributed by atoms with E-state index in [-0.39, 0.29) is 11.3 Å². The third kappa shape index (κ3) is 2.89. The summed E-state index contributed by atoms with van der Waals surface area (Å²) in [5.41, 5.74) is 1.32. The molecule has 0 saturated carbocycles. The lowest BCUT2D eigenvalue weighted by Gasteiger charge is -2.17. The zero-order valence-electron chi connectivity index (χ0n) is 10.3. The summed E-state index contributed by atoms with van der Waals surface area (Å²) in [7, 11) is 3.22. The summed E-state index contributed by atoms with van der Waals surface area (Å²) in [5.74, 6) is 0.340. The maximum Gasteiger partial charge on any atom is 0.322 e. The van der Waals surface area contributed by atoms with Crippen molar-refractivity contribution in [3.63, 3.8) is 0 Å². The molecule has 0 N–H and O–H groups in total. The van der Waals surface area contributed by atoms with Gasteiger partial charge >= 0.3 is 6.01 Å². The van der Waals surface area contributed by atoms with Gasteiger partial charge in [-0.15, -0.1) is 0 Å². The Morgan fingerprint density at radius 3 is 2.79 bits per heavy atom. The van der Waals surface area contributed by atoms with Crippen molar-refractivity contribution in [2.75, 3.05) is 19.1 Å². The van der Waals surface area contributed by atoms with Gasteiger partial charge < -0.3 is 9.64 Å². The van der Waals surface area contributed by atoms with Crippen LogP contribution in [0.4, 0.5) is 11.6 Å². The maximum atomic E-state index is 8.89. The highest BCUT2D eigenvalue weighted by atomic mass is 35.5. The molecule has 0 unspecified atom stereocenters. The number of anilines is 2. The molecule has 1 heterocycles. The van der Waals surface area contributed by atoms with Crippen LogP contribution < -0.4 is 9.64 Å². The van der Waals surface area contributed by atoms with E-state index in [0.717, 1.165) is 5.69 Å². The number of halogens is 1. The molecule has 0 amide bonds. The second-order valence-electron chi connectivity index (χ2n) is 3.61. The molecule has 0 atom stereocenters. The van der Waals surface area contributed by atoms with E-state index in [1.807, 2.05) is 6.07 Å². The molecule has 0 saturated heterocycles. The summed E-state index contributed by atoms with van der Waals surface area (Å²) < 4.78 is 4.94. The molecule has 2 rings (SSSR count). The molecule has 0 fully saturated rings. The van der Waals surface area contributed by atoms with Crippen molar-refractivity contribution >= 4 is 23.2 Å². The predicted octanol–water partition coefficient (Wildman–Crippen LogP) is 2.17. The smallest absolute Gasteiger partial charge is 0.322 e. The Balaban J connectivity index is 2.40. The standard InChI is InChI=1S/C12H10ClN5O/c1-18(9-5-3-4-8(6-9)7-14)11-15-10(13)16-12(17-11)19-2/h3-6H,1-2H3. The number of ether oxygens (including phenoxy) is 1. The molecule has 7 heteroatoms. The molecular formula is C12H10ClN5O. The van der Waals surface area contributed by atoms with Crippen LogP contribution in [0.3, 0.4) is 0 Å². The first-order chi connectivity index (χ1) is 9.13. The van der Waals surface area contributed by atoms with Crippen LogP contribution in [0.25, 0.3) is 0 Å². The third-order valence-electron chi connectivity index (χ3n) is 2.42. The fourth-order valence-corrected chi connectivity index (χ4v) is 1.61. The van der Waals surface area contributed by atoms with Gasteiger partial charge in [0.15, 0.2) is 0 Å². The monoisotopic (exact) mass is 275 g/mol. The Kier molecular flexibility index (Phi) is 3.78. The average Bonchev–Trinajstić information content (AvgIpc) is 2.45. The highest BCUT2D eigenvalue weighted by Crippen LogP contribution is 2.23. The van der Waals surface area contributed by atoms with Crippen molar-refractivity contribution in [1.82, 2.24) is 15.0 Å². The fourth-order valence-electron chi connectivity index (χ4n) is 1.46. The fraction of sp³-hybridized carbons (Fsp3) is 0.167. The largest absolute Gasteiger partial charge is 0.467 e. The minimum Gasteiger partial charge on any atom is -0.467 e. The molecular weight excluding hydrogens is 266 g/mol. The minimum atomic E-state index is 0.0464. The number of rotatable bonds is 3. The van der Waals surface area contributed by atoms with Crippen molar-refractivity contribution < 1.29 is 4.74 Å². The summed E-state index contributed by atoms with van der Waals surface area (Å²) >= 11 is 5.80. The first-order valence-corrected chi connectivity index (χ1v) is 5.71. The van der Waals surface area contributed by atoms with Crippen molar-refractivity contribution in [2.24, 2.45) is 0 Å². The number of aromatic nitrogens is 3. The normalized spacial score (nSPS) is 9.79. The van der Waals surface area contributed by atoms with E-state index in [1.54, 1.807) is 30.1 Å². The number of hydrogen-bond acceptors (Lipinski definition) is 6. The topological polar surface area (TPSA) is 74.9 Å². The minimum absolute atomic E-state index is 0.0464. The van der Waals surface area contributed by atoms with E-state index in [9.17, 15) is 0 Å². The van der Waals surface area contributed by atoms with Crippen molar-refractivity contribution in [3.05, 3.63) is 35.1 Å². The van der Waals surface area contributed by atoms with Crippen LogP contribution in [0.15, 0.2) is 24.3 Å². The van der Waals surface area contributed by atoms with Gasteiger partial charge in [0, 0.05) is 12.7 Å². The molecule has 2 aromatic rings. The second-order valence-corrected chi connectivity index (χ2v) is 3.95. The highest BCUT2D eigenvalue weighted by molar-refractivity contribution is 6.28. The number of nitrogens with zero attached hydrogens (tertiary/aromatic N) is 5. The summed E-state index contributed by atoms with van der Waals surface area (Å²) in [6.45, 7) is 0. The van der Waals surface area contributed by atoms with Crippen molar-refractivity contribution in [1.29, 1.82) is 5.26 Å². The SMILES string of the molecule is COc1nc(Cl)nc(N(C)c2cccc(C#N)c2)n1. The van der Waals surface area contributed by atoms with E-state index < -0.39 is 0 Å². The van der Waals surface area contributed by atoms with Crippen LogP contribution in [0.1, 0.15) is 5.56 Å². The molecule has 0 spiro atoms. The van der Waals surface area contributed by atoms with Gasteiger partial charge in [-0.25, -0.2) is 0 Å². The summed E-state index contributed by atoms with van der Waals surface area (Å²) in [4.78, 5) is 13.6. The lowest BCUT2D eigenvalue weighted by Crippen LogP contribution is -2.14. The molecule has 0 radical (unpaired) electrons. The Morgan fingerprint density at radius 2 is 2.11 bits per heavy atom. The number of methoxy groups -OCH3 is 1. The van der Waals surface area contributed by atoms with Crippen molar-refractivity contribution in [2.45, 2.75) is 0 Å². The lowest BCUT2D eigenvalue weighted by molar-refractivity contribution is 0.378. The Bertz CT molecular complexity index is 640. The first-order valence-electron chi connectivity index (χ1n) is 5.33.